The van der Waals surface area contributed by atoms with Crippen molar-refractivity contribution in [1.82, 2.24) is 20.8 Å². The van der Waals surface area contributed by atoms with Gasteiger partial charge in [0.15, 0.2) is 0 Å². The fourth-order valence-electron chi connectivity index (χ4n) is 2.13. The Hall–Kier alpha value is -3.33. The smallest absolute Gasteiger partial charge is 0.288 e. The molecule has 9 heteroatoms. The van der Waals surface area contributed by atoms with E-state index in [1.807, 2.05) is 0 Å². The molecule has 0 aliphatic carbocycles. The van der Waals surface area contributed by atoms with Gasteiger partial charge in [-0.15, -0.1) is 11.3 Å². The number of halogens is 1. The van der Waals surface area contributed by atoms with Crippen molar-refractivity contribution >= 4 is 23.2 Å². The topological polar surface area (TPSA) is 93.2 Å². The summed E-state index contributed by atoms with van der Waals surface area (Å²) in [5, 5.41) is 0.582. The second-order valence-corrected chi connectivity index (χ2v) is 6.47. The average Bonchev–Trinajstić information content (AvgIpc) is 3.07. The van der Waals surface area contributed by atoms with Gasteiger partial charge >= 0.3 is 0 Å². The molecule has 3 rings (SSSR count). The summed E-state index contributed by atoms with van der Waals surface area (Å²) < 4.78 is 18.4. The molecule has 2 aromatic heterocycles. The van der Waals surface area contributed by atoms with Crippen molar-refractivity contribution in [2.24, 2.45) is 0 Å². The monoisotopic (exact) mass is 386 g/mol. The van der Waals surface area contributed by atoms with Gasteiger partial charge in [0.25, 0.3) is 11.8 Å². The summed E-state index contributed by atoms with van der Waals surface area (Å²) in [5.74, 6) is -0.856. The number of carbonyl (C=O) groups excluding carboxylic acids is 2. The molecule has 138 valence electrons. The van der Waals surface area contributed by atoms with Crippen molar-refractivity contribution in [2.75, 3.05) is 0 Å². The van der Waals surface area contributed by atoms with Crippen molar-refractivity contribution in [3.05, 3.63) is 75.8 Å². The van der Waals surface area contributed by atoms with Gasteiger partial charge in [-0.05, 0) is 43.3 Å². The first kappa shape index (κ1) is 18.5. The molecule has 2 N–H and O–H groups in total. The molecule has 0 spiro atoms. The molecule has 2 heterocycles. The van der Waals surface area contributed by atoms with E-state index in [9.17, 15) is 14.0 Å². The number of carbonyl (C=O) groups is 2. The lowest BCUT2D eigenvalue weighted by molar-refractivity contribution is 0.0845. The molecular formula is C18H15FN4O3S. The highest BCUT2D eigenvalue weighted by Crippen LogP contribution is 2.20. The van der Waals surface area contributed by atoms with Crippen LogP contribution in [0.1, 0.15) is 30.9 Å². The van der Waals surface area contributed by atoms with E-state index in [1.54, 1.807) is 19.1 Å². The molecule has 0 radical (unpaired) electrons. The van der Waals surface area contributed by atoms with Crippen LogP contribution in [0.15, 0.2) is 48.7 Å². The molecule has 1 aromatic carbocycles. The van der Waals surface area contributed by atoms with Crippen LogP contribution in [0.5, 0.6) is 5.75 Å². The predicted molar refractivity (Wildman–Crippen MR) is 96.8 cm³/mol. The van der Waals surface area contributed by atoms with E-state index in [2.05, 4.69) is 20.8 Å². The molecule has 7 nitrogen and oxygen atoms in total. The van der Waals surface area contributed by atoms with E-state index in [1.165, 1.54) is 36.5 Å². The SMILES string of the molecule is Cc1nc(COc2ccc(F)cc2)sc1C(=O)NNC(=O)c1ccccn1. The van der Waals surface area contributed by atoms with E-state index >= 15 is 0 Å². The number of hydrogen-bond donors (Lipinski definition) is 2. The lowest BCUT2D eigenvalue weighted by atomic mass is 10.3. The lowest BCUT2D eigenvalue weighted by Gasteiger charge is -2.05. The molecule has 0 atom stereocenters. The molecule has 0 saturated heterocycles. The summed E-state index contributed by atoms with van der Waals surface area (Å²) >= 11 is 1.15. The van der Waals surface area contributed by atoms with Crippen LogP contribution in [0.3, 0.4) is 0 Å². The first-order chi connectivity index (χ1) is 13.0. The Bertz CT molecular complexity index is 945. The van der Waals surface area contributed by atoms with Gasteiger partial charge in [-0.3, -0.25) is 25.4 Å². The first-order valence-electron chi connectivity index (χ1n) is 7.89. The number of rotatable bonds is 5. The van der Waals surface area contributed by atoms with Gasteiger partial charge in [-0.2, -0.15) is 0 Å². The van der Waals surface area contributed by atoms with Crippen molar-refractivity contribution in [1.29, 1.82) is 0 Å². The quantitative estimate of drug-likeness (QED) is 0.658. The normalized spacial score (nSPS) is 10.3. The van der Waals surface area contributed by atoms with Gasteiger partial charge in [0, 0.05) is 6.20 Å². The molecule has 2 amide bonds. The summed E-state index contributed by atoms with van der Waals surface area (Å²) in [5.41, 5.74) is 5.35. The fourth-order valence-corrected chi connectivity index (χ4v) is 3.01. The molecule has 0 aliphatic rings. The maximum Gasteiger partial charge on any atom is 0.288 e. The highest BCUT2D eigenvalue weighted by molar-refractivity contribution is 7.13. The number of aryl methyl sites for hydroxylation is 1. The number of pyridine rings is 1. The van der Waals surface area contributed by atoms with Gasteiger partial charge in [0.05, 0.1) is 5.69 Å². The fraction of sp³-hybridized carbons (Fsp3) is 0.111. The molecule has 3 aromatic rings. The van der Waals surface area contributed by atoms with Gasteiger partial charge in [0.1, 0.15) is 33.8 Å². The maximum absolute atomic E-state index is 12.9. The third-order valence-electron chi connectivity index (χ3n) is 3.41. The first-order valence-corrected chi connectivity index (χ1v) is 8.71. The molecule has 0 bridgehead atoms. The van der Waals surface area contributed by atoms with Gasteiger partial charge in [0.2, 0.25) is 0 Å². The highest BCUT2D eigenvalue weighted by atomic mass is 32.1. The van der Waals surface area contributed by atoms with Gasteiger partial charge in [-0.25, -0.2) is 9.37 Å². The number of hydrogen-bond acceptors (Lipinski definition) is 6. The minimum Gasteiger partial charge on any atom is -0.486 e. The summed E-state index contributed by atoms with van der Waals surface area (Å²) in [6.45, 7) is 1.83. The molecular weight excluding hydrogens is 371 g/mol. The number of nitrogens with one attached hydrogen (secondary N) is 2. The number of nitrogens with zero attached hydrogens (tertiary/aromatic N) is 2. The van der Waals surface area contributed by atoms with Crippen molar-refractivity contribution < 1.29 is 18.7 Å². The molecule has 0 saturated carbocycles. The standard InChI is InChI=1S/C18H15FN4O3S/c1-11-16(18(25)23-22-17(24)14-4-2-3-9-20-14)27-15(21-11)10-26-13-7-5-12(19)6-8-13/h2-9H,10H2,1H3,(H,22,24)(H,23,25). The minimum absolute atomic E-state index is 0.144. The lowest BCUT2D eigenvalue weighted by Crippen LogP contribution is -2.41. The van der Waals surface area contributed by atoms with E-state index in [-0.39, 0.29) is 18.1 Å². The van der Waals surface area contributed by atoms with Gasteiger partial charge in [-0.1, -0.05) is 6.07 Å². The summed E-state index contributed by atoms with van der Waals surface area (Å²) in [4.78, 5) is 32.7. The second kappa shape index (κ2) is 8.37. The zero-order valence-corrected chi connectivity index (χ0v) is 15.0. The number of thiazole rings is 1. The predicted octanol–water partition coefficient (Wildman–Crippen LogP) is 2.64. The summed E-state index contributed by atoms with van der Waals surface area (Å²) in [7, 11) is 0. The zero-order chi connectivity index (χ0) is 19.2. The molecule has 0 fully saturated rings. The number of benzene rings is 1. The Labute approximate surface area is 158 Å². The van der Waals surface area contributed by atoms with Crippen LogP contribution in [-0.2, 0) is 6.61 Å². The van der Waals surface area contributed by atoms with E-state index in [0.717, 1.165) is 11.3 Å². The van der Waals surface area contributed by atoms with Crippen LogP contribution >= 0.6 is 11.3 Å². The van der Waals surface area contributed by atoms with Crippen LogP contribution < -0.4 is 15.6 Å². The Morgan fingerprint density at radius 2 is 1.85 bits per heavy atom. The zero-order valence-electron chi connectivity index (χ0n) is 14.2. The Morgan fingerprint density at radius 1 is 1.11 bits per heavy atom. The van der Waals surface area contributed by atoms with Crippen molar-refractivity contribution in [3.8, 4) is 5.75 Å². The van der Waals surface area contributed by atoms with Crippen LogP contribution in [0.2, 0.25) is 0 Å². The van der Waals surface area contributed by atoms with E-state index < -0.39 is 11.8 Å². The Kier molecular flexibility index (Phi) is 5.72. The number of hydrazine groups is 1. The minimum atomic E-state index is -0.522. The second-order valence-electron chi connectivity index (χ2n) is 5.39. The Balaban J connectivity index is 1.57. The molecule has 27 heavy (non-hydrogen) atoms. The van der Waals surface area contributed by atoms with E-state index in [4.69, 9.17) is 4.74 Å². The summed E-state index contributed by atoms with van der Waals surface area (Å²) in [6.07, 6.45) is 1.48. The maximum atomic E-state index is 12.9. The van der Waals surface area contributed by atoms with Crippen molar-refractivity contribution in [3.63, 3.8) is 0 Å². The number of amides is 2. The van der Waals surface area contributed by atoms with Crippen LogP contribution in [0.25, 0.3) is 0 Å². The Morgan fingerprint density at radius 3 is 2.56 bits per heavy atom. The van der Waals surface area contributed by atoms with Crippen LogP contribution in [0.4, 0.5) is 4.39 Å². The average molecular weight is 386 g/mol. The largest absolute Gasteiger partial charge is 0.486 e. The third kappa shape index (κ3) is 4.85. The highest BCUT2D eigenvalue weighted by Gasteiger charge is 2.17. The summed E-state index contributed by atoms with van der Waals surface area (Å²) in [6, 6.07) is 10.5. The van der Waals surface area contributed by atoms with Gasteiger partial charge < -0.3 is 4.74 Å². The molecule has 0 unspecified atom stereocenters. The number of aromatic nitrogens is 2. The van der Waals surface area contributed by atoms with E-state index in [0.29, 0.717) is 21.3 Å². The van der Waals surface area contributed by atoms with Crippen molar-refractivity contribution in [2.45, 2.75) is 13.5 Å². The molecule has 0 aliphatic heterocycles. The number of ether oxygens (including phenoxy) is 1. The third-order valence-corrected chi connectivity index (χ3v) is 4.54. The van der Waals surface area contributed by atoms with Crippen LogP contribution in [-0.4, -0.2) is 21.8 Å². The van der Waals surface area contributed by atoms with Crippen LogP contribution in [0, 0.1) is 12.7 Å².